The fourth-order valence-corrected chi connectivity index (χ4v) is 2.11. The largest absolute Gasteiger partial charge is 0.493 e. The maximum absolute atomic E-state index is 12.3. The average molecular weight is 315 g/mol. The van der Waals surface area contributed by atoms with Gasteiger partial charge in [-0.05, 0) is 37.6 Å². The summed E-state index contributed by atoms with van der Waals surface area (Å²) >= 11 is 0. The number of ether oxygens (including phenoxy) is 3. The van der Waals surface area contributed by atoms with Crippen molar-refractivity contribution in [2.75, 3.05) is 19.5 Å². The van der Waals surface area contributed by atoms with E-state index in [0.29, 0.717) is 22.9 Å². The summed E-state index contributed by atoms with van der Waals surface area (Å²) in [6, 6.07) is 12.8. The Hall–Kier alpha value is -2.69. The number of aryl methyl sites for hydroxylation is 1. The topological polar surface area (TPSA) is 56.8 Å². The van der Waals surface area contributed by atoms with Crippen molar-refractivity contribution in [3.63, 3.8) is 0 Å². The van der Waals surface area contributed by atoms with Crippen molar-refractivity contribution in [2.45, 2.75) is 20.0 Å². The Morgan fingerprint density at radius 3 is 2.26 bits per heavy atom. The van der Waals surface area contributed by atoms with Crippen molar-refractivity contribution in [2.24, 2.45) is 0 Å². The Morgan fingerprint density at radius 1 is 1.04 bits per heavy atom. The minimum Gasteiger partial charge on any atom is -0.493 e. The highest BCUT2D eigenvalue weighted by Crippen LogP contribution is 2.33. The maximum atomic E-state index is 12.3. The van der Waals surface area contributed by atoms with Gasteiger partial charge in [0.2, 0.25) is 0 Å². The van der Waals surface area contributed by atoms with Crippen molar-refractivity contribution in [3.05, 3.63) is 48.0 Å². The molecule has 1 N–H and O–H groups in total. The third-order valence-corrected chi connectivity index (χ3v) is 3.41. The van der Waals surface area contributed by atoms with Crippen LogP contribution in [-0.2, 0) is 4.79 Å². The lowest BCUT2D eigenvalue weighted by Gasteiger charge is -2.17. The smallest absolute Gasteiger partial charge is 0.265 e. The number of nitrogens with one attached hydrogen (secondary N) is 1. The normalized spacial score (nSPS) is 11.5. The summed E-state index contributed by atoms with van der Waals surface area (Å²) in [6.07, 6.45) is -0.620. The molecule has 0 saturated heterocycles. The second-order valence-electron chi connectivity index (χ2n) is 5.08. The molecule has 2 rings (SSSR count). The van der Waals surface area contributed by atoms with Crippen LogP contribution in [-0.4, -0.2) is 26.2 Å². The predicted molar refractivity (Wildman–Crippen MR) is 89.4 cm³/mol. The molecule has 122 valence electrons. The first-order valence-corrected chi connectivity index (χ1v) is 7.30. The Bertz CT molecular complexity index is 670. The van der Waals surface area contributed by atoms with Gasteiger partial charge in [-0.2, -0.15) is 0 Å². The van der Waals surface area contributed by atoms with Crippen LogP contribution in [0, 0.1) is 6.92 Å². The van der Waals surface area contributed by atoms with Gasteiger partial charge in [0.1, 0.15) is 5.75 Å². The maximum Gasteiger partial charge on any atom is 0.265 e. The molecule has 0 aliphatic rings. The Balaban J connectivity index is 2.10. The Morgan fingerprint density at radius 2 is 1.65 bits per heavy atom. The number of hydrogen-bond donors (Lipinski definition) is 1. The number of anilines is 1. The molecular weight excluding hydrogens is 294 g/mol. The summed E-state index contributed by atoms with van der Waals surface area (Å²) in [5.74, 6) is 1.60. The molecule has 0 spiro atoms. The number of carbonyl (C=O) groups is 1. The summed E-state index contributed by atoms with van der Waals surface area (Å²) in [6.45, 7) is 3.60. The van der Waals surface area contributed by atoms with E-state index in [1.165, 1.54) is 0 Å². The molecule has 5 nitrogen and oxygen atoms in total. The van der Waals surface area contributed by atoms with Crippen molar-refractivity contribution < 1.29 is 19.0 Å². The Labute approximate surface area is 136 Å². The fraction of sp³-hybridized carbons (Fsp3) is 0.278. The van der Waals surface area contributed by atoms with E-state index in [2.05, 4.69) is 5.32 Å². The van der Waals surface area contributed by atoms with Gasteiger partial charge in [-0.25, -0.2) is 0 Å². The molecule has 23 heavy (non-hydrogen) atoms. The molecule has 1 amide bonds. The molecule has 2 aromatic rings. The summed E-state index contributed by atoms with van der Waals surface area (Å²) < 4.78 is 16.1. The Kier molecular flexibility index (Phi) is 5.46. The van der Waals surface area contributed by atoms with E-state index in [9.17, 15) is 4.79 Å². The number of amides is 1. The zero-order chi connectivity index (χ0) is 16.8. The summed E-state index contributed by atoms with van der Waals surface area (Å²) in [7, 11) is 3.13. The molecule has 0 aromatic heterocycles. The molecule has 0 heterocycles. The van der Waals surface area contributed by atoms with Gasteiger partial charge in [-0.1, -0.05) is 18.2 Å². The highest BCUT2D eigenvalue weighted by Gasteiger charge is 2.17. The molecule has 5 heteroatoms. The van der Waals surface area contributed by atoms with Gasteiger partial charge in [-0.15, -0.1) is 0 Å². The molecule has 1 unspecified atom stereocenters. The first kappa shape index (κ1) is 16.7. The van der Waals surface area contributed by atoms with Crippen LogP contribution in [0.15, 0.2) is 42.5 Å². The molecule has 0 bridgehead atoms. The van der Waals surface area contributed by atoms with Gasteiger partial charge < -0.3 is 19.5 Å². The molecule has 1 atom stereocenters. The number of hydrogen-bond acceptors (Lipinski definition) is 4. The van der Waals surface area contributed by atoms with E-state index in [1.54, 1.807) is 27.2 Å². The number of rotatable bonds is 6. The van der Waals surface area contributed by atoms with Crippen LogP contribution in [0.3, 0.4) is 0 Å². The van der Waals surface area contributed by atoms with Gasteiger partial charge >= 0.3 is 0 Å². The summed E-state index contributed by atoms with van der Waals surface area (Å²) in [4.78, 5) is 12.3. The van der Waals surface area contributed by atoms with Crippen LogP contribution >= 0.6 is 0 Å². The first-order valence-electron chi connectivity index (χ1n) is 7.30. The van der Waals surface area contributed by atoms with Crippen LogP contribution in [0.1, 0.15) is 12.5 Å². The molecule has 0 saturated carbocycles. The molecule has 0 aliphatic heterocycles. The second-order valence-corrected chi connectivity index (χ2v) is 5.08. The lowest BCUT2D eigenvalue weighted by atomic mass is 10.1. The minimum absolute atomic E-state index is 0.232. The zero-order valence-electron chi connectivity index (χ0n) is 13.8. The van der Waals surface area contributed by atoms with E-state index in [-0.39, 0.29) is 5.91 Å². The van der Waals surface area contributed by atoms with Crippen LogP contribution in [0.2, 0.25) is 0 Å². The van der Waals surface area contributed by atoms with Gasteiger partial charge in [-0.3, -0.25) is 4.79 Å². The van der Waals surface area contributed by atoms with Crippen molar-refractivity contribution in [3.8, 4) is 17.2 Å². The first-order chi connectivity index (χ1) is 11.0. The highest BCUT2D eigenvalue weighted by molar-refractivity contribution is 5.95. The third kappa shape index (κ3) is 4.16. The fourth-order valence-electron chi connectivity index (χ4n) is 2.11. The molecule has 2 aromatic carbocycles. The van der Waals surface area contributed by atoms with Crippen molar-refractivity contribution >= 4 is 11.6 Å². The average Bonchev–Trinajstić information content (AvgIpc) is 2.57. The summed E-state index contributed by atoms with van der Waals surface area (Å²) in [5.41, 5.74) is 1.54. The van der Waals surface area contributed by atoms with Gasteiger partial charge in [0.05, 0.1) is 14.2 Å². The zero-order valence-corrected chi connectivity index (χ0v) is 13.8. The van der Waals surface area contributed by atoms with Crippen LogP contribution in [0.4, 0.5) is 5.69 Å². The number of methoxy groups -OCH3 is 2. The van der Waals surface area contributed by atoms with E-state index in [1.807, 2.05) is 43.3 Å². The highest BCUT2D eigenvalue weighted by atomic mass is 16.5. The van der Waals surface area contributed by atoms with Gasteiger partial charge in [0, 0.05) is 11.8 Å². The molecule has 0 fully saturated rings. The van der Waals surface area contributed by atoms with Gasteiger partial charge in [0.15, 0.2) is 17.6 Å². The lowest BCUT2D eigenvalue weighted by Crippen LogP contribution is -2.30. The van der Waals surface area contributed by atoms with Gasteiger partial charge in [0.25, 0.3) is 5.91 Å². The van der Waals surface area contributed by atoms with Crippen LogP contribution in [0.5, 0.6) is 17.2 Å². The van der Waals surface area contributed by atoms with E-state index in [0.717, 1.165) is 5.56 Å². The number of carbonyl (C=O) groups excluding carboxylic acids is 1. The lowest BCUT2D eigenvalue weighted by molar-refractivity contribution is -0.122. The quantitative estimate of drug-likeness (QED) is 0.887. The van der Waals surface area contributed by atoms with Crippen LogP contribution < -0.4 is 19.5 Å². The van der Waals surface area contributed by atoms with E-state index in [4.69, 9.17) is 14.2 Å². The summed E-state index contributed by atoms with van der Waals surface area (Å²) in [5, 5.41) is 2.86. The van der Waals surface area contributed by atoms with Crippen molar-refractivity contribution in [1.29, 1.82) is 0 Å². The van der Waals surface area contributed by atoms with E-state index >= 15 is 0 Å². The predicted octanol–water partition coefficient (Wildman–Crippen LogP) is 3.42. The third-order valence-electron chi connectivity index (χ3n) is 3.41. The second kappa shape index (κ2) is 7.54. The molecular formula is C18H21NO4. The molecule has 0 radical (unpaired) electrons. The monoisotopic (exact) mass is 315 g/mol. The molecule has 0 aliphatic carbocycles. The van der Waals surface area contributed by atoms with Crippen LogP contribution in [0.25, 0.3) is 0 Å². The number of benzene rings is 2. The van der Waals surface area contributed by atoms with Crippen molar-refractivity contribution in [1.82, 2.24) is 0 Å². The van der Waals surface area contributed by atoms with E-state index < -0.39 is 6.10 Å². The number of para-hydroxylation sites is 1. The minimum atomic E-state index is -0.620. The SMILES string of the molecule is COc1cc(C)c(NC(=O)C(C)Oc2ccccc2)cc1OC. The standard InChI is InChI=1S/C18H21NO4/c1-12-10-16(21-3)17(22-4)11-15(12)19-18(20)13(2)23-14-8-6-5-7-9-14/h5-11,13H,1-4H3,(H,19,20).